The molecule has 0 aliphatic heterocycles. The average molecular weight is 282 g/mol. The van der Waals surface area contributed by atoms with Crippen molar-refractivity contribution in [3.8, 4) is 11.3 Å². The van der Waals surface area contributed by atoms with Crippen molar-refractivity contribution in [2.45, 2.75) is 26.3 Å². The van der Waals surface area contributed by atoms with Gasteiger partial charge < -0.3 is 9.73 Å². The fourth-order valence-corrected chi connectivity index (χ4v) is 2.28. The summed E-state index contributed by atoms with van der Waals surface area (Å²) >= 11 is 5.84. The van der Waals surface area contributed by atoms with Gasteiger partial charge in [0.2, 0.25) is 0 Å². The van der Waals surface area contributed by atoms with E-state index < -0.39 is 0 Å². The minimum atomic E-state index is -0.360. The maximum Gasteiger partial charge on any atom is 0.134 e. The van der Waals surface area contributed by atoms with E-state index in [0.717, 1.165) is 18.7 Å². The third-order valence-electron chi connectivity index (χ3n) is 2.87. The fraction of sp³-hybridized carbons (Fsp3) is 0.333. The maximum atomic E-state index is 13.3. The van der Waals surface area contributed by atoms with Gasteiger partial charge in [-0.3, -0.25) is 0 Å². The van der Waals surface area contributed by atoms with E-state index in [2.05, 4.69) is 19.2 Å². The zero-order chi connectivity index (χ0) is 13.8. The van der Waals surface area contributed by atoms with Crippen LogP contribution in [0.4, 0.5) is 4.39 Å². The Kier molecular flexibility index (Phi) is 4.61. The molecule has 0 spiro atoms. The summed E-state index contributed by atoms with van der Waals surface area (Å²) < 4.78 is 19.0. The topological polar surface area (TPSA) is 25.2 Å². The second-order valence-electron chi connectivity index (χ2n) is 4.59. The second kappa shape index (κ2) is 6.22. The van der Waals surface area contributed by atoms with Crippen LogP contribution in [-0.4, -0.2) is 12.6 Å². The molecule has 0 bridgehead atoms. The monoisotopic (exact) mass is 281 g/mol. The van der Waals surface area contributed by atoms with Crippen molar-refractivity contribution in [2.75, 3.05) is 6.54 Å². The summed E-state index contributed by atoms with van der Waals surface area (Å²) in [4.78, 5) is 0. The first kappa shape index (κ1) is 14.1. The molecule has 2 nitrogen and oxygen atoms in total. The van der Waals surface area contributed by atoms with Crippen LogP contribution in [0.1, 0.15) is 19.6 Å². The highest BCUT2D eigenvalue weighted by Gasteiger charge is 2.09. The Bertz CT molecular complexity index is 533. The maximum absolute atomic E-state index is 13.3. The zero-order valence-corrected chi connectivity index (χ0v) is 11.8. The van der Waals surface area contributed by atoms with Crippen LogP contribution < -0.4 is 5.32 Å². The molecule has 0 fully saturated rings. The van der Waals surface area contributed by atoms with Crippen LogP contribution in [0.5, 0.6) is 0 Å². The lowest BCUT2D eigenvalue weighted by Gasteiger charge is -2.09. The van der Waals surface area contributed by atoms with Gasteiger partial charge in [0.1, 0.15) is 17.3 Å². The molecule has 1 heterocycles. The van der Waals surface area contributed by atoms with E-state index in [9.17, 15) is 4.39 Å². The van der Waals surface area contributed by atoms with Crippen molar-refractivity contribution in [3.05, 3.63) is 46.9 Å². The molecule has 0 radical (unpaired) electrons. The molecule has 2 rings (SSSR count). The first-order chi connectivity index (χ1) is 9.08. The van der Waals surface area contributed by atoms with E-state index in [4.69, 9.17) is 16.0 Å². The Morgan fingerprint density at radius 3 is 2.79 bits per heavy atom. The van der Waals surface area contributed by atoms with Gasteiger partial charge in [0.25, 0.3) is 0 Å². The lowest BCUT2D eigenvalue weighted by molar-refractivity contribution is 0.470. The summed E-state index contributed by atoms with van der Waals surface area (Å²) in [5, 5.41) is 3.69. The van der Waals surface area contributed by atoms with Crippen molar-refractivity contribution in [3.63, 3.8) is 0 Å². The highest BCUT2D eigenvalue weighted by molar-refractivity contribution is 6.30. The molecule has 0 aliphatic carbocycles. The van der Waals surface area contributed by atoms with Crippen LogP contribution in [0.3, 0.4) is 0 Å². The van der Waals surface area contributed by atoms with Crippen LogP contribution in [0.15, 0.2) is 34.7 Å². The molecule has 1 unspecified atom stereocenters. The Hall–Kier alpha value is -1.32. The minimum Gasteiger partial charge on any atom is -0.461 e. The zero-order valence-electron chi connectivity index (χ0n) is 11.0. The highest BCUT2D eigenvalue weighted by Crippen LogP contribution is 2.26. The number of nitrogens with one attached hydrogen (secondary N) is 1. The smallest absolute Gasteiger partial charge is 0.134 e. The summed E-state index contributed by atoms with van der Waals surface area (Å²) in [6.07, 6.45) is 0.802. The largest absolute Gasteiger partial charge is 0.461 e. The van der Waals surface area contributed by atoms with Gasteiger partial charge in [-0.15, -0.1) is 0 Å². The molecule has 0 saturated heterocycles. The summed E-state index contributed by atoms with van der Waals surface area (Å²) in [6, 6.07) is 8.51. The molecule has 0 amide bonds. The van der Waals surface area contributed by atoms with E-state index in [1.165, 1.54) is 12.1 Å². The predicted octanol–water partition coefficient (Wildman–Crippen LogP) is 4.28. The molecular weight excluding hydrogens is 265 g/mol. The summed E-state index contributed by atoms with van der Waals surface area (Å²) in [7, 11) is 0. The molecule has 1 aromatic carbocycles. The van der Waals surface area contributed by atoms with Gasteiger partial charge in [-0.2, -0.15) is 0 Å². The van der Waals surface area contributed by atoms with Crippen LogP contribution in [0, 0.1) is 5.82 Å². The van der Waals surface area contributed by atoms with Gasteiger partial charge in [0, 0.05) is 23.0 Å². The van der Waals surface area contributed by atoms with Gasteiger partial charge in [-0.25, -0.2) is 4.39 Å². The molecule has 4 heteroatoms. The normalized spacial score (nSPS) is 12.6. The van der Waals surface area contributed by atoms with Crippen molar-refractivity contribution < 1.29 is 8.81 Å². The summed E-state index contributed by atoms with van der Waals surface area (Å²) in [5.74, 6) is 1.16. The Balaban J connectivity index is 2.16. The molecule has 0 aliphatic rings. The predicted molar refractivity (Wildman–Crippen MR) is 76.0 cm³/mol. The van der Waals surface area contributed by atoms with Crippen LogP contribution in [-0.2, 0) is 6.42 Å². The number of benzene rings is 1. The molecular formula is C15H17ClFNO. The molecule has 1 aromatic heterocycles. The van der Waals surface area contributed by atoms with Gasteiger partial charge in [-0.05, 0) is 43.8 Å². The Morgan fingerprint density at radius 2 is 2.11 bits per heavy atom. The first-order valence-corrected chi connectivity index (χ1v) is 6.75. The first-order valence-electron chi connectivity index (χ1n) is 6.37. The lowest BCUT2D eigenvalue weighted by atomic mass is 10.1. The Labute approximate surface area is 117 Å². The van der Waals surface area contributed by atoms with E-state index >= 15 is 0 Å². The molecule has 1 N–H and O–H groups in total. The number of hydrogen-bond donors (Lipinski definition) is 1. The van der Waals surface area contributed by atoms with Crippen molar-refractivity contribution >= 4 is 11.6 Å². The van der Waals surface area contributed by atoms with Crippen molar-refractivity contribution in [2.24, 2.45) is 0 Å². The summed E-state index contributed by atoms with van der Waals surface area (Å²) in [5.41, 5.74) is 0.660. The number of halogens is 2. The standard InChI is InChI=1S/C15H17ClFNO/c1-3-18-10(2)6-14-4-5-15(19-14)11-7-12(16)9-13(17)8-11/h4-5,7-10,18H,3,6H2,1-2H3. The minimum absolute atomic E-state index is 0.347. The molecule has 2 aromatic rings. The van der Waals surface area contributed by atoms with Gasteiger partial charge >= 0.3 is 0 Å². The van der Waals surface area contributed by atoms with Crippen LogP contribution in [0.25, 0.3) is 11.3 Å². The van der Waals surface area contributed by atoms with Crippen LogP contribution >= 0.6 is 11.6 Å². The average Bonchev–Trinajstić information content (AvgIpc) is 2.76. The van der Waals surface area contributed by atoms with Crippen LogP contribution in [0.2, 0.25) is 5.02 Å². The number of furan rings is 1. The summed E-state index contributed by atoms with van der Waals surface area (Å²) in [6.45, 7) is 5.10. The lowest BCUT2D eigenvalue weighted by Crippen LogP contribution is -2.27. The molecule has 19 heavy (non-hydrogen) atoms. The fourth-order valence-electron chi connectivity index (χ4n) is 2.06. The quantitative estimate of drug-likeness (QED) is 0.885. The number of likely N-dealkylation sites (N-methyl/N-ethyl adjacent to an activating group) is 1. The molecule has 0 saturated carbocycles. The number of rotatable bonds is 5. The highest BCUT2D eigenvalue weighted by atomic mass is 35.5. The van der Waals surface area contributed by atoms with E-state index in [-0.39, 0.29) is 5.82 Å². The van der Waals surface area contributed by atoms with E-state index in [1.807, 2.05) is 12.1 Å². The van der Waals surface area contributed by atoms with Gasteiger partial charge in [0.05, 0.1) is 0 Å². The Morgan fingerprint density at radius 1 is 1.32 bits per heavy atom. The molecule has 102 valence electrons. The third-order valence-corrected chi connectivity index (χ3v) is 3.09. The number of hydrogen-bond acceptors (Lipinski definition) is 2. The van der Waals surface area contributed by atoms with Crippen molar-refractivity contribution in [1.29, 1.82) is 0 Å². The van der Waals surface area contributed by atoms with Gasteiger partial charge in [-0.1, -0.05) is 18.5 Å². The van der Waals surface area contributed by atoms with Crippen molar-refractivity contribution in [1.82, 2.24) is 5.32 Å². The van der Waals surface area contributed by atoms with E-state index in [0.29, 0.717) is 22.4 Å². The SMILES string of the molecule is CCNC(C)Cc1ccc(-c2cc(F)cc(Cl)c2)o1. The molecule has 1 atom stereocenters. The second-order valence-corrected chi connectivity index (χ2v) is 5.02. The van der Waals surface area contributed by atoms with Gasteiger partial charge in [0.15, 0.2) is 0 Å². The van der Waals surface area contributed by atoms with E-state index in [1.54, 1.807) is 6.07 Å². The third kappa shape index (κ3) is 3.82.